The van der Waals surface area contributed by atoms with Crippen LogP contribution in [0.2, 0.25) is 0 Å². The van der Waals surface area contributed by atoms with E-state index < -0.39 is 0 Å². The van der Waals surface area contributed by atoms with Gasteiger partial charge in [0.05, 0.1) is 5.71 Å². The molecular formula is C8H18ClNO. The zero-order valence-corrected chi connectivity index (χ0v) is 8.15. The third kappa shape index (κ3) is 7.66. The molecule has 0 rings (SSSR count). The molecule has 0 aliphatic heterocycles. The number of unbranched alkanes of at least 4 members (excludes halogenated alkanes) is 2. The average molecular weight is 180 g/mol. The van der Waals surface area contributed by atoms with Crippen molar-refractivity contribution in [3.63, 3.8) is 0 Å². The minimum Gasteiger partial charge on any atom is -0.411 e. The molecule has 0 spiro atoms. The Morgan fingerprint density at radius 3 is 2.27 bits per heavy atom. The highest BCUT2D eigenvalue weighted by Crippen LogP contribution is 2.02. The summed E-state index contributed by atoms with van der Waals surface area (Å²) in [6.45, 7) is 4.18. The summed E-state index contributed by atoms with van der Waals surface area (Å²) in [6.07, 6.45) is 5.45. The van der Waals surface area contributed by atoms with Crippen molar-refractivity contribution in [2.24, 2.45) is 5.16 Å². The molecular weight excluding hydrogens is 162 g/mol. The minimum absolute atomic E-state index is 0. The second-order valence-electron chi connectivity index (χ2n) is 2.48. The summed E-state index contributed by atoms with van der Waals surface area (Å²) in [7, 11) is 0. The maximum absolute atomic E-state index is 8.41. The van der Waals surface area contributed by atoms with Gasteiger partial charge < -0.3 is 5.21 Å². The van der Waals surface area contributed by atoms with Crippen molar-refractivity contribution in [3.8, 4) is 0 Å². The molecule has 0 amide bonds. The maximum atomic E-state index is 8.41. The van der Waals surface area contributed by atoms with Crippen LogP contribution in [0.5, 0.6) is 0 Å². The largest absolute Gasteiger partial charge is 0.411 e. The van der Waals surface area contributed by atoms with Crippen LogP contribution < -0.4 is 0 Å². The monoisotopic (exact) mass is 179 g/mol. The van der Waals surface area contributed by atoms with Crippen molar-refractivity contribution in [3.05, 3.63) is 0 Å². The molecule has 0 bridgehead atoms. The molecule has 0 aromatic carbocycles. The molecule has 0 unspecified atom stereocenters. The van der Waals surface area contributed by atoms with Gasteiger partial charge in [-0.25, -0.2) is 0 Å². The van der Waals surface area contributed by atoms with Crippen LogP contribution >= 0.6 is 12.4 Å². The molecule has 2 nitrogen and oxygen atoms in total. The highest BCUT2D eigenvalue weighted by Gasteiger charge is 1.94. The summed E-state index contributed by atoms with van der Waals surface area (Å²) < 4.78 is 0. The van der Waals surface area contributed by atoms with Crippen LogP contribution in [0.25, 0.3) is 0 Å². The van der Waals surface area contributed by atoms with Crippen molar-refractivity contribution in [2.45, 2.75) is 46.0 Å². The van der Waals surface area contributed by atoms with Crippen molar-refractivity contribution in [2.75, 3.05) is 0 Å². The van der Waals surface area contributed by atoms with Gasteiger partial charge in [-0.2, -0.15) is 0 Å². The van der Waals surface area contributed by atoms with E-state index in [1.165, 1.54) is 12.8 Å². The Hall–Kier alpha value is -0.240. The first-order valence-corrected chi connectivity index (χ1v) is 4.04. The summed E-state index contributed by atoms with van der Waals surface area (Å²) in [5.74, 6) is 0. The van der Waals surface area contributed by atoms with E-state index in [-0.39, 0.29) is 12.4 Å². The SMILES string of the molecule is CCCCC/C(CC)=N/O.Cl. The molecule has 3 heteroatoms. The molecule has 0 atom stereocenters. The lowest BCUT2D eigenvalue weighted by Gasteiger charge is -1.98. The molecule has 0 saturated carbocycles. The lowest BCUT2D eigenvalue weighted by atomic mass is 10.1. The lowest BCUT2D eigenvalue weighted by molar-refractivity contribution is 0.316. The van der Waals surface area contributed by atoms with E-state index in [1.54, 1.807) is 0 Å². The molecule has 0 aromatic heterocycles. The Balaban J connectivity index is 0. The fourth-order valence-electron chi connectivity index (χ4n) is 0.877. The van der Waals surface area contributed by atoms with Gasteiger partial charge >= 0.3 is 0 Å². The molecule has 0 aromatic rings. The predicted molar refractivity (Wildman–Crippen MR) is 50.9 cm³/mol. The molecule has 0 radical (unpaired) electrons. The zero-order chi connectivity index (χ0) is 7.82. The van der Waals surface area contributed by atoms with E-state index in [2.05, 4.69) is 12.1 Å². The molecule has 0 fully saturated rings. The van der Waals surface area contributed by atoms with Crippen LogP contribution in [-0.4, -0.2) is 10.9 Å². The first-order chi connectivity index (χ1) is 4.85. The Labute approximate surface area is 75.1 Å². The standard InChI is InChI=1S/C8H17NO.ClH/c1-3-5-6-7-8(4-2)9-10;/h10H,3-7H2,1-2H3;1H/b9-8+;. The number of hydrogen-bond donors (Lipinski definition) is 1. The summed E-state index contributed by atoms with van der Waals surface area (Å²) in [5.41, 5.74) is 0.924. The van der Waals surface area contributed by atoms with Crippen molar-refractivity contribution >= 4 is 18.1 Å². The van der Waals surface area contributed by atoms with Crippen LogP contribution in [0.3, 0.4) is 0 Å². The van der Waals surface area contributed by atoms with E-state index in [1.807, 2.05) is 6.92 Å². The quantitative estimate of drug-likeness (QED) is 0.299. The van der Waals surface area contributed by atoms with Crippen LogP contribution in [0, 0.1) is 0 Å². The number of halogens is 1. The molecule has 68 valence electrons. The van der Waals surface area contributed by atoms with Gasteiger partial charge in [-0.3, -0.25) is 0 Å². The van der Waals surface area contributed by atoms with Crippen LogP contribution in [0.4, 0.5) is 0 Å². The normalized spacial score (nSPS) is 10.9. The smallest absolute Gasteiger partial charge is 0.0568 e. The number of rotatable bonds is 5. The summed E-state index contributed by atoms with van der Waals surface area (Å²) in [5, 5.41) is 11.6. The minimum atomic E-state index is 0. The maximum Gasteiger partial charge on any atom is 0.0568 e. The summed E-state index contributed by atoms with van der Waals surface area (Å²) in [6, 6.07) is 0. The average Bonchev–Trinajstić information content (AvgIpc) is 1.99. The van der Waals surface area contributed by atoms with Gasteiger partial charge in [0.2, 0.25) is 0 Å². The Morgan fingerprint density at radius 2 is 1.91 bits per heavy atom. The van der Waals surface area contributed by atoms with E-state index in [9.17, 15) is 0 Å². The molecule has 0 aliphatic carbocycles. The molecule has 0 aliphatic rings. The second-order valence-corrected chi connectivity index (χ2v) is 2.48. The first-order valence-electron chi connectivity index (χ1n) is 4.04. The Morgan fingerprint density at radius 1 is 1.27 bits per heavy atom. The lowest BCUT2D eigenvalue weighted by Crippen LogP contribution is -1.95. The van der Waals surface area contributed by atoms with Crippen molar-refractivity contribution in [1.82, 2.24) is 0 Å². The fourth-order valence-corrected chi connectivity index (χ4v) is 0.877. The highest BCUT2D eigenvalue weighted by atomic mass is 35.5. The second kappa shape index (κ2) is 9.76. The zero-order valence-electron chi connectivity index (χ0n) is 7.34. The molecule has 1 N–H and O–H groups in total. The fraction of sp³-hybridized carbons (Fsp3) is 0.875. The number of oxime groups is 1. The van der Waals surface area contributed by atoms with Gasteiger partial charge in [0.25, 0.3) is 0 Å². The van der Waals surface area contributed by atoms with E-state index >= 15 is 0 Å². The van der Waals surface area contributed by atoms with Crippen molar-refractivity contribution < 1.29 is 5.21 Å². The van der Waals surface area contributed by atoms with Gasteiger partial charge in [-0.05, 0) is 19.3 Å². The number of nitrogens with zero attached hydrogens (tertiary/aromatic N) is 1. The van der Waals surface area contributed by atoms with Crippen LogP contribution in [0.15, 0.2) is 5.16 Å². The third-order valence-corrected chi connectivity index (χ3v) is 1.62. The Bertz CT molecular complexity index is 104. The molecule has 0 heterocycles. The van der Waals surface area contributed by atoms with Crippen LogP contribution in [0.1, 0.15) is 46.0 Å². The van der Waals surface area contributed by atoms with Gasteiger partial charge in [0.1, 0.15) is 0 Å². The van der Waals surface area contributed by atoms with Crippen molar-refractivity contribution in [1.29, 1.82) is 0 Å². The van der Waals surface area contributed by atoms with Gasteiger partial charge in [-0.15, -0.1) is 12.4 Å². The number of hydrogen-bond acceptors (Lipinski definition) is 2. The van der Waals surface area contributed by atoms with E-state index in [0.29, 0.717) is 0 Å². The molecule has 0 saturated heterocycles. The van der Waals surface area contributed by atoms with Gasteiger partial charge in [-0.1, -0.05) is 31.8 Å². The molecule has 11 heavy (non-hydrogen) atoms. The van der Waals surface area contributed by atoms with E-state index in [4.69, 9.17) is 5.21 Å². The van der Waals surface area contributed by atoms with E-state index in [0.717, 1.165) is 25.0 Å². The predicted octanol–water partition coefficient (Wildman–Crippen LogP) is 3.23. The topological polar surface area (TPSA) is 32.6 Å². The highest BCUT2D eigenvalue weighted by molar-refractivity contribution is 5.85. The first kappa shape index (κ1) is 13.4. The third-order valence-electron chi connectivity index (χ3n) is 1.62. The summed E-state index contributed by atoms with van der Waals surface area (Å²) in [4.78, 5) is 0. The van der Waals surface area contributed by atoms with Crippen LogP contribution in [-0.2, 0) is 0 Å². The Kier molecular flexibility index (Phi) is 11.9. The van der Waals surface area contributed by atoms with Gasteiger partial charge in [0, 0.05) is 0 Å². The summed E-state index contributed by atoms with van der Waals surface area (Å²) >= 11 is 0. The van der Waals surface area contributed by atoms with Gasteiger partial charge in [0.15, 0.2) is 0 Å².